The van der Waals surface area contributed by atoms with E-state index in [9.17, 15) is 9.59 Å². The molecular formula is C9H10O5S. The fourth-order valence-electron chi connectivity index (χ4n) is 0.895. The van der Waals surface area contributed by atoms with Gasteiger partial charge in [0.1, 0.15) is 5.76 Å². The van der Waals surface area contributed by atoms with Crippen molar-refractivity contribution in [3.05, 3.63) is 21.8 Å². The maximum absolute atomic E-state index is 11.3. The Morgan fingerprint density at radius 1 is 1.27 bits per heavy atom. The minimum atomic E-state index is -0.771. The second kappa shape index (κ2) is 4.88. The molecule has 0 aromatic carbocycles. The molecule has 1 aliphatic heterocycles. The van der Waals surface area contributed by atoms with Gasteiger partial charge in [-0.3, -0.25) is 0 Å². The number of thioether (sulfide) groups is 1. The van der Waals surface area contributed by atoms with E-state index >= 15 is 0 Å². The van der Waals surface area contributed by atoms with Gasteiger partial charge in [-0.15, -0.1) is 0 Å². The summed E-state index contributed by atoms with van der Waals surface area (Å²) in [6.07, 6.45) is 0. The number of carbonyl (C=O) groups is 2. The first-order chi connectivity index (χ1) is 7.10. The lowest BCUT2D eigenvalue weighted by molar-refractivity contribution is -0.144. The zero-order chi connectivity index (χ0) is 11.4. The Morgan fingerprint density at radius 2 is 1.80 bits per heavy atom. The molecule has 0 aromatic heterocycles. The summed E-state index contributed by atoms with van der Waals surface area (Å²) in [4.78, 5) is 22.6. The van der Waals surface area contributed by atoms with E-state index < -0.39 is 11.9 Å². The molecule has 0 atom stereocenters. The van der Waals surface area contributed by atoms with Crippen molar-refractivity contribution in [1.29, 1.82) is 0 Å². The molecule has 0 aromatic rings. The van der Waals surface area contributed by atoms with Gasteiger partial charge in [0.25, 0.3) is 0 Å². The van der Waals surface area contributed by atoms with Gasteiger partial charge in [-0.1, -0.05) is 11.8 Å². The summed E-state index contributed by atoms with van der Waals surface area (Å²) < 4.78 is 14.1. The van der Waals surface area contributed by atoms with Crippen LogP contribution >= 0.6 is 11.8 Å². The van der Waals surface area contributed by atoms with Crippen LogP contribution in [0.2, 0.25) is 0 Å². The zero-order valence-electron chi connectivity index (χ0n) is 8.53. The number of ether oxygens (including phenoxy) is 3. The first-order valence-corrected chi connectivity index (χ1v) is 4.90. The third kappa shape index (κ3) is 2.53. The normalized spacial score (nSPS) is 14.1. The van der Waals surface area contributed by atoms with E-state index in [1.54, 1.807) is 12.3 Å². The number of rotatable bonds is 2. The Morgan fingerprint density at radius 3 is 2.13 bits per heavy atom. The van der Waals surface area contributed by atoms with Crippen LogP contribution in [0.3, 0.4) is 0 Å². The monoisotopic (exact) mass is 230 g/mol. The molecule has 15 heavy (non-hydrogen) atoms. The molecule has 0 bridgehead atoms. The van der Waals surface area contributed by atoms with Crippen molar-refractivity contribution in [2.45, 2.75) is 6.92 Å². The Balaban J connectivity index is 3.01. The summed E-state index contributed by atoms with van der Waals surface area (Å²) in [5.41, 5.74) is -0.224. The fourth-order valence-corrected chi connectivity index (χ4v) is 1.68. The number of hydrogen-bond acceptors (Lipinski definition) is 6. The lowest BCUT2D eigenvalue weighted by Crippen LogP contribution is -2.17. The molecule has 82 valence electrons. The molecule has 0 amide bonds. The van der Waals surface area contributed by atoms with Crippen molar-refractivity contribution >= 4 is 23.7 Å². The molecule has 0 saturated carbocycles. The standard InChI is InChI=1S/C9H10O5S/c1-5-4-15-9(14-5)6(7(10)12-2)8(11)13-3/h4H,1-3H3. The van der Waals surface area contributed by atoms with Crippen molar-refractivity contribution in [1.82, 2.24) is 0 Å². The second-order valence-corrected chi connectivity index (χ2v) is 3.44. The molecule has 6 heteroatoms. The first kappa shape index (κ1) is 11.6. The third-order valence-corrected chi connectivity index (χ3v) is 2.52. The van der Waals surface area contributed by atoms with E-state index in [0.717, 1.165) is 11.8 Å². The van der Waals surface area contributed by atoms with Crippen LogP contribution in [0.25, 0.3) is 0 Å². The minimum absolute atomic E-state index is 0.186. The van der Waals surface area contributed by atoms with Crippen LogP contribution in [0.1, 0.15) is 6.92 Å². The molecule has 1 heterocycles. The fraction of sp³-hybridized carbons (Fsp3) is 0.333. The highest BCUT2D eigenvalue weighted by Crippen LogP contribution is 2.33. The van der Waals surface area contributed by atoms with Crippen molar-refractivity contribution in [3.63, 3.8) is 0 Å². The largest absolute Gasteiger partial charge is 0.465 e. The Labute approximate surface area is 91.1 Å². The van der Waals surface area contributed by atoms with Gasteiger partial charge in [0, 0.05) is 5.41 Å². The predicted octanol–water partition coefficient (Wildman–Crippen LogP) is 1.17. The Bertz CT molecular complexity index is 338. The Hall–Kier alpha value is -1.43. The summed E-state index contributed by atoms with van der Waals surface area (Å²) in [7, 11) is 2.37. The Kier molecular flexibility index (Phi) is 3.79. The molecule has 0 saturated heterocycles. The summed E-state index contributed by atoms with van der Waals surface area (Å²) in [6, 6.07) is 0. The van der Waals surface area contributed by atoms with Gasteiger partial charge in [-0.05, 0) is 6.92 Å². The molecule has 1 rings (SSSR count). The summed E-state index contributed by atoms with van der Waals surface area (Å²) >= 11 is 1.14. The van der Waals surface area contributed by atoms with Crippen molar-refractivity contribution in [3.8, 4) is 0 Å². The van der Waals surface area contributed by atoms with Crippen LogP contribution in [0, 0.1) is 0 Å². The highest BCUT2D eigenvalue weighted by molar-refractivity contribution is 8.05. The van der Waals surface area contributed by atoms with E-state index in [2.05, 4.69) is 9.47 Å². The maximum Gasteiger partial charge on any atom is 0.349 e. The lowest BCUT2D eigenvalue weighted by atomic mass is 10.3. The third-order valence-electron chi connectivity index (χ3n) is 1.57. The average Bonchev–Trinajstić information content (AvgIpc) is 2.64. The van der Waals surface area contributed by atoms with E-state index in [0.29, 0.717) is 5.76 Å². The van der Waals surface area contributed by atoms with Crippen LogP contribution in [-0.4, -0.2) is 26.2 Å². The van der Waals surface area contributed by atoms with E-state index in [1.807, 2.05) is 0 Å². The van der Waals surface area contributed by atoms with Crippen LogP contribution in [0.15, 0.2) is 21.8 Å². The molecule has 0 aliphatic carbocycles. The molecule has 0 radical (unpaired) electrons. The van der Waals surface area contributed by atoms with Gasteiger partial charge >= 0.3 is 11.9 Å². The molecule has 0 unspecified atom stereocenters. The number of methoxy groups -OCH3 is 2. The highest BCUT2D eigenvalue weighted by Gasteiger charge is 2.28. The predicted molar refractivity (Wildman–Crippen MR) is 53.5 cm³/mol. The van der Waals surface area contributed by atoms with Crippen molar-refractivity contribution < 1.29 is 23.8 Å². The first-order valence-electron chi connectivity index (χ1n) is 4.02. The van der Waals surface area contributed by atoms with Gasteiger partial charge in [-0.2, -0.15) is 0 Å². The van der Waals surface area contributed by atoms with E-state index in [1.165, 1.54) is 14.2 Å². The molecule has 5 nitrogen and oxygen atoms in total. The molecule has 0 fully saturated rings. The summed E-state index contributed by atoms with van der Waals surface area (Å²) in [5, 5.41) is 1.87. The average molecular weight is 230 g/mol. The molecule has 1 aliphatic rings. The molecular weight excluding hydrogens is 220 g/mol. The number of allylic oxidation sites excluding steroid dienone is 1. The summed E-state index contributed by atoms with van der Waals surface area (Å²) in [6.45, 7) is 1.71. The maximum atomic E-state index is 11.3. The summed E-state index contributed by atoms with van der Waals surface area (Å²) in [5.74, 6) is -0.930. The zero-order valence-corrected chi connectivity index (χ0v) is 9.34. The van der Waals surface area contributed by atoms with Crippen LogP contribution in [-0.2, 0) is 23.8 Å². The van der Waals surface area contributed by atoms with Crippen LogP contribution in [0.4, 0.5) is 0 Å². The van der Waals surface area contributed by atoms with Gasteiger partial charge < -0.3 is 14.2 Å². The lowest BCUT2D eigenvalue weighted by Gasteiger charge is -2.06. The van der Waals surface area contributed by atoms with Gasteiger partial charge in [-0.25, -0.2) is 9.59 Å². The number of hydrogen-bond donors (Lipinski definition) is 0. The highest BCUT2D eigenvalue weighted by atomic mass is 32.2. The minimum Gasteiger partial charge on any atom is -0.465 e. The van der Waals surface area contributed by atoms with Crippen LogP contribution < -0.4 is 0 Å². The SMILES string of the molecule is COC(=O)C(C(=O)OC)=C1OC(C)=CS1. The van der Waals surface area contributed by atoms with E-state index in [4.69, 9.17) is 4.74 Å². The molecule has 0 spiro atoms. The quantitative estimate of drug-likeness (QED) is 0.307. The van der Waals surface area contributed by atoms with Crippen molar-refractivity contribution in [2.24, 2.45) is 0 Å². The van der Waals surface area contributed by atoms with Crippen LogP contribution in [0.5, 0.6) is 0 Å². The van der Waals surface area contributed by atoms with Gasteiger partial charge in [0.05, 0.1) is 14.2 Å². The number of esters is 2. The van der Waals surface area contributed by atoms with Gasteiger partial charge in [0.2, 0.25) is 0 Å². The second-order valence-electron chi connectivity index (χ2n) is 2.59. The van der Waals surface area contributed by atoms with Crippen molar-refractivity contribution in [2.75, 3.05) is 14.2 Å². The van der Waals surface area contributed by atoms with E-state index in [-0.39, 0.29) is 10.7 Å². The van der Waals surface area contributed by atoms with Gasteiger partial charge in [0.15, 0.2) is 10.7 Å². The smallest absolute Gasteiger partial charge is 0.349 e. The molecule has 0 N–H and O–H groups in total. The topological polar surface area (TPSA) is 61.8 Å². The number of carbonyl (C=O) groups excluding carboxylic acids is 2.